The average molecular weight is 471 g/mol. The SMILES string of the molecule is CCCNC(=O)[C@H](C)N(Cc1ccc(Cl)c(Cl)c1)C(=O)CSCc1ccccc1F. The molecule has 0 fully saturated rings. The van der Waals surface area contributed by atoms with Crippen LogP contribution in [0.1, 0.15) is 31.4 Å². The van der Waals surface area contributed by atoms with Crippen LogP contribution in [0.3, 0.4) is 0 Å². The van der Waals surface area contributed by atoms with E-state index in [0.717, 1.165) is 12.0 Å². The first-order valence-corrected chi connectivity index (χ1v) is 11.6. The first-order valence-electron chi connectivity index (χ1n) is 9.65. The zero-order valence-electron chi connectivity index (χ0n) is 17.0. The first-order chi connectivity index (χ1) is 14.3. The lowest BCUT2D eigenvalue weighted by Crippen LogP contribution is -2.48. The third-order valence-electron chi connectivity index (χ3n) is 4.49. The minimum absolute atomic E-state index is 0.126. The van der Waals surface area contributed by atoms with E-state index < -0.39 is 6.04 Å². The van der Waals surface area contributed by atoms with Crippen LogP contribution in [-0.4, -0.2) is 35.1 Å². The summed E-state index contributed by atoms with van der Waals surface area (Å²) < 4.78 is 13.8. The van der Waals surface area contributed by atoms with Gasteiger partial charge in [-0.25, -0.2) is 4.39 Å². The maximum absolute atomic E-state index is 13.8. The Kier molecular flexibility index (Phi) is 9.95. The van der Waals surface area contributed by atoms with E-state index in [1.165, 1.54) is 22.7 Å². The Bertz CT molecular complexity index is 882. The van der Waals surface area contributed by atoms with Crippen molar-refractivity contribution in [1.82, 2.24) is 10.2 Å². The third-order valence-corrected chi connectivity index (χ3v) is 6.20. The number of hydrogen-bond donors (Lipinski definition) is 1. The van der Waals surface area contributed by atoms with Crippen molar-refractivity contribution in [3.8, 4) is 0 Å². The summed E-state index contributed by atoms with van der Waals surface area (Å²) in [5.41, 5.74) is 1.31. The Hall–Kier alpha value is -1.76. The number of hydrogen-bond acceptors (Lipinski definition) is 3. The number of thioether (sulfide) groups is 1. The summed E-state index contributed by atoms with van der Waals surface area (Å²) in [5, 5.41) is 3.64. The molecule has 30 heavy (non-hydrogen) atoms. The zero-order valence-corrected chi connectivity index (χ0v) is 19.3. The molecule has 2 aromatic rings. The lowest BCUT2D eigenvalue weighted by Gasteiger charge is -2.29. The molecule has 1 atom stereocenters. The summed E-state index contributed by atoms with van der Waals surface area (Å²) in [4.78, 5) is 27.0. The molecule has 0 bridgehead atoms. The van der Waals surface area contributed by atoms with E-state index >= 15 is 0 Å². The predicted octanol–water partition coefficient (Wildman–Crippen LogP) is 5.31. The van der Waals surface area contributed by atoms with Crippen molar-refractivity contribution in [2.75, 3.05) is 12.3 Å². The molecular formula is C22H25Cl2FN2O2S. The molecule has 0 unspecified atom stereocenters. The average Bonchev–Trinajstić information content (AvgIpc) is 2.73. The van der Waals surface area contributed by atoms with Gasteiger partial charge in [0, 0.05) is 18.8 Å². The number of carbonyl (C=O) groups is 2. The van der Waals surface area contributed by atoms with E-state index in [1.807, 2.05) is 6.92 Å². The van der Waals surface area contributed by atoms with Crippen LogP contribution in [-0.2, 0) is 21.9 Å². The van der Waals surface area contributed by atoms with E-state index in [0.29, 0.717) is 27.9 Å². The van der Waals surface area contributed by atoms with Gasteiger partial charge in [0.05, 0.1) is 15.8 Å². The summed E-state index contributed by atoms with van der Waals surface area (Å²) in [6, 6.07) is 11.0. The van der Waals surface area contributed by atoms with Crippen molar-refractivity contribution in [1.29, 1.82) is 0 Å². The van der Waals surface area contributed by atoms with Gasteiger partial charge >= 0.3 is 0 Å². The van der Waals surface area contributed by atoms with Gasteiger partial charge in [-0.15, -0.1) is 11.8 Å². The summed E-state index contributed by atoms with van der Waals surface area (Å²) in [7, 11) is 0. The van der Waals surface area contributed by atoms with Crippen LogP contribution in [0, 0.1) is 5.82 Å². The molecule has 0 aromatic heterocycles. The highest BCUT2D eigenvalue weighted by Crippen LogP contribution is 2.24. The lowest BCUT2D eigenvalue weighted by atomic mass is 10.1. The fourth-order valence-corrected chi connectivity index (χ4v) is 3.98. The smallest absolute Gasteiger partial charge is 0.242 e. The normalized spacial score (nSPS) is 11.8. The fraction of sp³-hybridized carbons (Fsp3) is 0.364. The van der Waals surface area contributed by atoms with Crippen LogP contribution < -0.4 is 5.32 Å². The summed E-state index contributed by atoms with van der Waals surface area (Å²) in [5.74, 6) is -0.223. The number of amides is 2. The van der Waals surface area contributed by atoms with Crippen molar-refractivity contribution >= 4 is 46.8 Å². The van der Waals surface area contributed by atoms with Crippen LogP contribution in [0.15, 0.2) is 42.5 Å². The Morgan fingerprint density at radius 2 is 1.90 bits per heavy atom. The molecule has 8 heteroatoms. The fourth-order valence-electron chi connectivity index (χ4n) is 2.76. The number of halogens is 3. The molecule has 162 valence electrons. The highest BCUT2D eigenvalue weighted by Gasteiger charge is 2.26. The van der Waals surface area contributed by atoms with E-state index in [9.17, 15) is 14.0 Å². The molecule has 0 aliphatic carbocycles. The maximum atomic E-state index is 13.8. The van der Waals surface area contributed by atoms with Crippen molar-refractivity contribution in [3.63, 3.8) is 0 Å². The Morgan fingerprint density at radius 3 is 2.57 bits per heavy atom. The summed E-state index contributed by atoms with van der Waals surface area (Å²) in [6.45, 7) is 4.42. The van der Waals surface area contributed by atoms with Crippen molar-refractivity contribution < 1.29 is 14.0 Å². The summed E-state index contributed by atoms with van der Waals surface area (Å²) in [6.07, 6.45) is 0.803. The Labute approximate surface area is 191 Å². The monoisotopic (exact) mass is 470 g/mol. The highest BCUT2D eigenvalue weighted by atomic mass is 35.5. The summed E-state index contributed by atoms with van der Waals surface area (Å²) >= 11 is 13.4. The van der Waals surface area contributed by atoms with Crippen LogP contribution in [0.4, 0.5) is 4.39 Å². The number of carbonyl (C=O) groups excluding carboxylic acids is 2. The minimum Gasteiger partial charge on any atom is -0.354 e. The molecule has 0 saturated heterocycles. The molecule has 0 radical (unpaired) electrons. The molecule has 2 rings (SSSR count). The second-order valence-corrected chi connectivity index (χ2v) is 8.62. The molecule has 2 amide bonds. The largest absolute Gasteiger partial charge is 0.354 e. The third kappa shape index (κ3) is 7.18. The number of nitrogens with zero attached hydrogens (tertiary/aromatic N) is 1. The van der Waals surface area contributed by atoms with Crippen LogP contribution in [0.5, 0.6) is 0 Å². The number of rotatable bonds is 10. The van der Waals surface area contributed by atoms with E-state index in [4.69, 9.17) is 23.2 Å². The molecule has 2 aromatic carbocycles. The molecule has 0 saturated carbocycles. The van der Waals surface area contributed by atoms with Gasteiger partial charge in [-0.3, -0.25) is 9.59 Å². The van der Waals surface area contributed by atoms with Crippen LogP contribution >= 0.6 is 35.0 Å². The molecule has 0 aliphatic heterocycles. The topological polar surface area (TPSA) is 49.4 Å². The van der Waals surface area contributed by atoms with E-state index in [1.54, 1.807) is 43.3 Å². The van der Waals surface area contributed by atoms with Crippen LogP contribution in [0.2, 0.25) is 10.0 Å². The predicted molar refractivity (Wildman–Crippen MR) is 122 cm³/mol. The van der Waals surface area contributed by atoms with Gasteiger partial charge in [0.15, 0.2) is 0 Å². The quantitative estimate of drug-likeness (QED) is 0.511. The highest BCUT2D eigenvalue weighted by molar-refractivity contribution is 7.99. The number of nitrogens with one attached hydrogen (secondary N) is 1. The van der Waals surface area contributed by atoms with Crippen molar-refractivity contribution in [2.24, 2.45) is 0 Å². The van der Waals surface area contributed by atoms with Crippen molar-refractivity contribution in [2.45, 2.75) is 38.6 Å². The van der Waals surface area contributed by atoms with Gasteiger partial charge in [-0.2, -0.15) is 0 Å². The molecule has 4 nitrogen and oxygen atoms in total. The minimum atomic E-state index is -0.660. The van der Waals surface area contributed by atoms with E-state index in [2.05, 4.69) is 5.32 Å². The Balaban J connectivity index is 2.10. The lowest BCUT2D eigenvalue weighted by molar-refractivity contribution is -0.138. The van der Waals surface area contributed by atoms with Crippen LogP contribution in [0.25, 0.3) is 0 Å². The zero-order chi connectivity index (χ0) is 22.1. The molecule has 1 N–H and O–H groups in total. The first kappa shape index (κ1) is 24.5. The van der Waals surface area contributed by atoms with E-state index in [-0.39, 0.29) is 29.9 Å². The van der Waals surface area contributed by atoms with Gasteiger partial charge in [-0.05, 0) is 42.7 Å². The van der Waals surface area contributed by atoms with Gasteiger partial charge in [-0.1, -0.05) is 54.4 Å². The second kappa shape index (κ2) is 12.2. The van der Waals surface area contributed by atoms with Gasteiger partial charge in [0.2, 0.25) is 11.8 Å². The maximum Gasteiger partial charge on any atom is 0.242 e. The standard InChI is InChI=1S/C22H25Cl2FN2O2S/c1-3-10-26-22(29)15(2)27(12-16-8-9-18(23)19(24)11-16)21(28)14-30-13-17-6-4-5-7-20(17)25/h4-9,11,15H,3,10,12-14H2,1-2H3,(H,26,29)/t15-/m0/s1. The second-order valence-electron chi connectivity index (χ2n) is 6.82. The van der Waals surface area contributed by atoms with Crippen molar-refractivity contribution in [3.05, 3.63) is 69.5 Å². The van der Waals surface area contributed by atoms with Gasteiger partial charge < -0.3 is 10.2 Å². The molecule has 0 spiro atoms. The Morgan fingerprint density at radius 1 is 1.17 bits per heavy atom. The molecule has 0 aliphatic rings. The van der Waals surface area contributed by atoms with Gasteiger partial charge in [0.1, 0.15) is 11.9 Å². The molecular weight excluding hydrogens is 446 g/mol. The molecule has 0 heterocycles. The number of benzene rings is 2. The van der Waals surface area contributed by atoms with Gasteiger partial charge in [0.25, 0.3) is 0 Å².